The van der Waals surface area contributed by atoms with Gasteiger partial charge >= 0.3 is 6.72 Å². The maximum Gasteiger partial charge on any atom is 0.375 e. The molecule has 0 atom stereocenters. The van der Waals surface area contributed by atoms with E-state index >= 15 is 0 Å². The second-order valence-electron chi connectivity index (χ2n) is 3.42. The second kappa shape index (κ2) is 5.87. The lowest BCUT2D eigenvalue weighted by atomic mass is 10.0. The highest BCUT2D eigenvalue weighted by atomic mass is 35.5. The normalized spacial score (nSPS) is 11.6. The minimum atomic E-state index is -3.76. The topological polar surface area (TPSA) is 49.7 Å². The Bertz CT molecular complexity index is 473. The van der Waals surface area contributed by atoms with Gasteiger partial charge in [-0.25, -0.2) is 0 Å². The quantitative estimate of drug-likeness (QED) is 0.832. The van der Waals surface area contributed by atoms with Gasteiger partial charge in [0.2, 0.25) is 0 Å². The average Bonchev–Trinajstić information content (AvgIpc) is 2.20. The van der Waals surface area contributed by atoms with Crippen molar-refractivity contribution in [1.29, 1.82) is 0 Å². The zero-order valence-electron chi connectivity index (χ0n) is 9.41. The molecular weight excluding hydrogens is 302 g/mol. The van der Waals surface area contributed by atoms with Crippen LogP contribution in [0.2, 0.25) is 10.0 Å². The molecule has 2 N–H and O–H groups in total. The van der Waals surface area contributed by atoms with E-state index in [4.69, 9.17) is 27.7 Å². The van der Waals surface area contributed by atoms with E-state index in [2.05, 4.69) is 11.8 Å². The predicted octanol–water partition coefficient (Wildman–Crippen LogP) is 3.71. The molecule has 0 aliphatic carbocycles. The number of hydrogen-bond acceptors (Lipinski definition) is 2. The summed E-state index contributed by atoms with van der Waals surface area (Å²) in [6.07, 6.45) is 1.32. The molecule has 0 aromatic heterocycles. The Balaban J connectivity index is 3.39. The zero-order valence-corrected chi connectivity index (χ0v) is 12.6. The third-order valence-electron chi connectivity index (χ3n) is 2.32. The smallest absolute Gasteiger partial charge is 0.375 e. The SMILES string of the molecule is CCc1c(OP(O)(O)=S)cc(Cl)c(Cl)c1CC. The van der Waals surface area contributed by atoms with Gasteiger partial charge in [-0.2, -0.15) is 0 Å². The summed E-state index contributed by atoms with van der Waals surface area (Å²) in [6.45, 7) is 0.0980. The van der Waals surface area contributed by atoms with Gasteiger partial charge < -0.3 is 14.3 Å². The summed E-state index contributed by atoms with van der Waals surface area (Å²) in [4.78, 5) is 18.4. The molecule has 1 rings (SSSR count). The van der Waals surface area contributed by atoms with Gasteiger partial charge in [-0.3, -0.25) is 0 Å². The third-order valence-corrected chi connectivity index (χ3v) is 3.80. The number of benzene rings is 1. The first kappa shape index (κ1) is 15.2. The van der Waals surface area contributed by atoms with E-state index in [1.807, 2.05) is 13.8 Å². The number of halogens is 2. The summed E-state index contributed by atoms with van der Waals surface area (Å²) in [7, 11) is 0. The van der Waals surface area contributed by atoms with Crippen LogP contribution < -0.4 is 4.52 Å². The van der Waals surface area contributed by atoms with E-state index in [0.717, 1.165) is 11.1 Å². The van der Waals surface area contributed by atoms with Gasteiger partial charge in [-0.15, -0.1) is 0 Å². The minimum absolute atomic E-state index is 0.298. The van der Waals surface area contributed by atoms with Gasteiger partial charge in [0.15, 0.2) is 0 Å². The minimum Gasteiger partial charge on any atom is -0.424 e. The lowest BCUT2D eigenvalue weighted by molar-refractivity contribution is 0.369. The highest BCUT2D eigenvalue weighted by molar-refractivity contribution is 8.06. The molecule has 17 heavy (non-hydrogen) atoms. The van der Waals surface area contributed by atoms with E-state index < -0.39 is 6.72 Å². The van der Waals surface area contributed by atoms with E-state index in [9.17, 15) is 9.79 Å². The molecule has 3 nitrogen and oxygen atoms in total. The number of rotatable bonds is 4. The Morgan fingerprint density at radius 1 is 1.24 bits per heavy atom. The summed E-state index contributed by atoms with van der Waals surface area (Å²) >= 11 is 16.5. The lowest BCUT2D eigenvalue weighted by Gasteiger charge is -2.18. The highest BCUT2D eigenvalue weighted by Gasteiger charge is 2.19. The van der Waals surface area contributed by atoms with Crippen molar-refractivity contribution >= 4 is 41.7 Å². The van der Waals surface area contributed by atoms with Crippen LogP contribution in [0.1, 0.15) is 25.0 Å². The standard InChI is InChI=1S/C10H13Cl2O3PS/c1-3-6-7(4-2)10(12)8(11)5-9(6)15-16(13,14)17/h5H,3-4H2,1-2H3,(H2,13,14,17). The summed E-state index contributed by atoms with van der Waals surface area (Å²) in [5.41, 5.74) is 1.65. The Morgan fingerprint density at radius 2 is 1.76 bits per heavy atom. The fourth-order valence-electron chi connectivity index (χ4n) is 1.66. The molecule has 0 aliphatic heterocycles. The van der Waals surface area contributed by atoms with Gasteiger partial charge in [-0.1, -0.05) is 37.0 Å². The lowest BCUT2D eigenvalue weighted by Crippen LogP contribution is -2.00. The van der Waals surface area contributed by atoms with E-state index in [0.29, 0.717) is 28.6 Å². The Hall–Kier alpha value is 0.170. The van der Waals surface area contributed by atoms with Crippen LogP contribution in [0.4, 0.5) is 0 Å². The van der Waals surface area contributed by atoms with Crippen LogP contribution in [0.5, 0.6) is 5.75 Å². The van der Waals surface area contributed by atoms with Crippen molar-refractivity contribution < 1.29 is 14.3 Å². The Morgan fingerprint density at radius 3 is 2.18 bits per heavy atom. The van der Waals surface area contributed by atoms with Crippen LogP contribution in [0.25, 0.3) is 0 Å². The average molecular weight is 315 g/mol. The van der Waals surface area contributed by atoms with Crippen molar-refractivity contribution in [3.63, 3.8) is 0 Å². The molecule has 0 fully saturated rings. The van der Waals surface area contributed by atoms with Gasteiger partial charge in [0.25, 0.3) is 0 Å². The van der Waals surface area contributed by atoms with Crippen LogP contribution in [0, 0.1) is 0 Å². The van der Waals surface area contributed by atoms with Crippen molar-refractivity contribution in [3.05, 3.63) is 27.2 Å². The maximum atomic E-state index is 9.20. The fraction of sp³-hybridized carbons (Fsp3) is 0.400. The molecule has 0 saturated heterocycles. The molecule has 0 radical (unpaired) electrons. The van der Waals surface area contributed by atoms with Gasteiger partial charge in [0.05, 0.1) is 10.0 Å². The third kappa shape index (κ3) is 3.82. The molecule has 7 heteroatoms. The van der Waals surface area contributed by atoms with Gasteiger partial charge in [0, 0.05) is 17.9 Å². The first-order valence-electron chi connectivity index (χ1n) is 5.05. The van der Waals surface area contributed by atoms with E-state index in [-0.39, 0.29) is 0 Å². The fourth-order valence-corrected chi connectivity index (χ4v) is 2.83. The maximum absolute atomic E-state index is 9.20. The monoisotopic (exact) mass is 314 g/mol. The summed E-state index contributed by atoms with van der Waals surface area (Å²) in [5.74, 6) is 0.298. The summed E-state index contributed by atoms with van der Waals surface area (Å²) in [6, 6.07) is 1.47. The predicted molar refractivity (Wildman–Crippen MR) is 74.6 cm³/mol. The second-order valence-corrected chi connectivity index (χ2v) is 6.79. The molecule has 0 unspecified atom stereocenters. The molecule has 1 aromatic rings. The van der Waals surface area contributed by atoms with Crippen molar-refractivity contribution in [2.24, 2.45) is 0 Å². The number of hydrogen-bond donors (Lipinski definition) is 2. The highest BCUT2D eigenvalue weighted by Crippen LogP contribution is 2.44. The zero-order chi connectivity index (χ0) is 13.2. The molecule has 0 aliphatic rings. The molecule has 1 aromatic carbocycles. The molecule has 0 spiro atoms. The van der Waals surface area contributed by atoms with Crippen molar-refractivity contribution in [3.8, 4) is 5.75 Å². The molecule has 0 saturated carbocycles. The van der Waals surface area contributed by atoms with Crippen LogP contribution in [0.3, 0.4) is 0 Å². The van der Waals surface area contributed by atoms with Crippen LogP contribution >= 0.6 is 29.9 Å². The van der Waals surface area contributed by atoms with Crippen LogP contribution in [-0.2, 0) is 24.6 Å². The van der Waals surface area contributed by atoms with Crippen molar-refractivity contribution in [1.82, 2.24) is 0 Å². The summed E-state index contributed by atoms with van der Waals surface area (Å²) < 4.78 is 5.00. The largest absolute Gasteiger partial charge is 0.424 e. The van der Waals surface area contributed by atoms with E-state index in [1.165, 1.54) is 6.07 Å². The Kier molecular flexibility index (Phi) is 5.26. The molecule has 96 valence electrons. The molecule has 0 amide bonds. The molecule has 0 bridgehead atoms. The summed E-state index contributed by atoms with van der Waals surface area (Å²) in [5, 5.41) is 0.793. The Labute approximate surface area is 116 Å². The molecule has 0 heterocycles. The van der Waals surface area contributed by atoms with Crippen molar-refractivity contribution in [2.45, 2.75) is 26.7 Å². The van der Waals surface area contributed by atoms with Crippen LogP contribution in [-0.4, -0.2) is 9.79 Å². The first-order valence-corrected chi connectivity index (χ1v) is 8.43. The van der Waals surface area contributed by atoms with Crippen molar-refractivity contribution in [2.75, 3.05) is 0 Å². The van der Waals surface area contributed by atoms with Crippen LogP contribution in [0.15, 0.2) is 6.07 Å². The van der Waals surface area contributed by atoms with Gasteiger partial charge in [-0.05, 0) is 24.0 Å². The first-order chi connectivity index (χ1) is 7.80. The molecular formula is C10H13Cl2O3PS. The van der Waals surface area contributed by atoms with Gasteiger partial charge in [0.1, 0.15) is 5.75 Å². The van der Waals surface area contributed by atoms with E-state index in [1.54, 1.807) is 0 Å².